The molecule has 0 aromatic carbocycles. The van der Waals surface area contributed by atoms with Crippen molar-refractivity contribution in [3.63, 3.8) is 0 Å². The number of carbonyl (C=O) groups excluding carboxylic acids is 2. The first kappa shape index (κ1) is 16.3. The molecule has 0 aromatic rings. The summed E-state index contributed by atoms with van der Waals surface area (Å²) in [5.41, 5.74) is 1.21. The first-order valence-electron chi connectivity index (χ1n) is 9.80. The van der Waals surface area contributed by atoms with Crippen molar-refractivity contribution in [2.75, 3.05) is 0 Å². The Balaban J connectivity index is 1.74. The lowest BCUT2D eigenvalue weighted by Crippen LogP contribution is -2.57. The molecular weight excluding hydrogens is 296 g/mol. The molecule has 0 amide bonds. The van der Waals surface area contributed by atoms with Crippen molar-refractivity contribution < 1.29 is 9.59 Å². The van der Waals surface area contributed by atoms with E-state index in [9.17, 15) is 9.59 Å². The molecule has 0 bridgehead atoms. The van der Waals surface area contributed by atoms with Crippen LogP contribution in [0.2, 0.25) is 0 Å². The summed E-state index contributed by atoms with van der Waals surface area (Å²) in [6, 6.07) is 0. The maximum absolute atomic E-state index is 12.5. The third-order valence-electron chi connectivity index (χ3n) is 8.91. The van der Waals surface area contributed by atoms with Crippen molar-refractivity contribution in [2.24, 2.45) is 34.0 Å². The summed E-state index contributed by atoms with van der Waals surface area (Å²) in [7, 11) is 0. The SMILES string of the molecule is C=CC12CCC(=C=O)CC1(C)CCC1C3CCC(=O)C3(C)CCC12. The highest BCUT2D eigenvalue weighted by Crippen LogP contribution is 2.70. The molecule has 4 fully saturated rings. The van der Waals surface area contributed by atoms with Crippen molar-refractivity contribution in [1.29, 1.82) is 0 Å². The quantitative estimate of drug-likeness (QED) is 0.507. The summed E-state index contributed by atoms with van der Waals surface area (Å²) in [6.07, 6.45) is 11.6. The summed E-state index contributed by atoms with van der Waals surface area (Å²) >= 11 is 0. The average Bonchev–Trinajstić information content (AvgIpc) is 2.89. The van der Waals surface area contributed by atoms with Gasteiger partial charge in [-0.15, -0.1) is 6.58 Å². The predicted octanol–water partition coefficient (Wildman–Crippen LogP) is 4.91. The highest BCUT2D eigenvalue weighted by molar-refractivity contribution is 5.87. The Kier molecular flexibility index (Phi) is 3.52. The van der Waals surface area contributed by atoms with E-state index < -0.39 is 0 Å². The number of Topliss-reactive ketones (excluding diaryl/α,β-unsaturated/α-hetero) is 1. The van der Waals surface area contributed by atoms with E-state index in [1.807, 2.05) is 0 Å². The summed E-state index contributed by atoms with van der Waals surface area (Å²) in [5.74, 6) is 4.62. The van der Waals surface area contributed by atoms with Crippen LogP contribution in [-0.2, 0) is 9.59 Å². The van der Waals surface area contributed by atoms with Gasteiger partial charge in [0.1, 0.15) is 11.7 Å². The lowest BCUT2D eigenvalue weighted by Gasteiger charge is -2.64. The smallest absolute Gasteiger partial charge is 0.139 e. The average molecular weight is 326 g/mol. The van der Waals surface area contributed by atoms with Crippen LogP contribution in [0.1, 0.15) is 71.6 Å². The van der Waals surface area contributed by atoms with Crippen LogP contribution in [0.3, 0.4) is 0 Å². The Morgan fingerprint density at radius 1 is 1.08 bits per heavy atom. The summed E-state index contributed by atoms with van der Waals surface area (Å²) in [5, 5.41) is 0. The molecule has 0 N–H and O–H groups in total. The van der Waals surface area contributed by atoms with Gasteiger partial charge in [-0.2, -0.15) is 0 Å². The van der Waals surface area contributed by atoms with Crippen LogP contribution in [-0.4, -0.2) is 11.7 Å². The molecule has 4 rings (SSSR count). The van der Waals surface area contributed by atoms with E-state index in [1.165, 1.54) is 6.42 Å². The zero-order chi connectivity index (χ0) is 17.2. The number of hydrogen-bond acceptors (Lipinski definition) is 2. The summed E-state index contributed by atoms with van der Waals surface area (Å²) in [6.45, 7) is 8.92. The number of ketones is 1. The molecule has 2 nitrogen and oxygen atoms in total. The van der Waals surface area contributed by atoms with Gasteiger partial charge in [0.2, 0.25) is 0 Å². The van der Waals surface area contributed by atoms with Gasteiger partial charge in [-0.1, -0.05) is 19.9 Å². The fourth-order valence-electron chi connectivity index (χ4n) is 7.51. The Bertz CT molecular complexity index is 642. The molecule has 24 heavy (non-hydrogen) atoms. The maximum Gasteiger partial charge on any atom is 0.139 e. The van der Waals surface area contributed by atoms with Crippen LogP contribution in [0.25, 0.3) is 0 Å². The minimum absolute atomic E-state index is 0.0558. The van der Waals surface area contributed by atoms with Crippen LogP contribution in [0, 0.1) is 34.0 Å². The van der Waals surface area contributed by atoms with E-state index in [-0.39, 0.29) is 16.2 Å². The molecular formula is C22H30O2. The second kappa shape index (κ2) is 5.18. The van der Waals surface area contributed by atoms with Crippen LogP contribution in [0.15, 0.2) is 18.2 Å². The van der Waals surface area contributed by atoms with Gasteiger partial charge in [-0.3, -0.25) is 4.79 Å². The Labute approximate surface area is 145 Å². The van der Waals surface area contributed by atoms with E-state index in [1.54, 1.807) is 0 Å². The van der Waals surface area contributed by atoms with Crippen molar-refractivity contribution in [2.45, 2.75) is 71.6 Å². The molecule has 6 unspecified atom stereocenters. The zero-order valence-corrected chi connectivity index (χ0v) is 15.2. The third kappa shape index (κ3) is 1.84. The van der Waals surface area contributed by atoms with Gasteiger partial charge >= 0.3 is 0 Å². The maximum atomic E-state index is 12.5. The van der Waals surface area contributed by atoms with E-state index in [2.05, 4.69) is 32.4 Å². The molecule has 0 aromatic heterocycles. The van der Waals surface area contributed by atoms with Crippen LogP contribution >= 0.6 is 0 Å². The van der Waals surface area contributed by atoms with Crippen LogP contribution in [0.5, 0.6) is 0 Å². The normalized spacial score (nSPS) is 50.5. The molecule has 0 saturated heterocycles. The van der Waals surface area contributed by atoms with E-state index in [0.29, 0.717) is 23.5 Å². The molecule has 0 radical (unpaired) electrons. The first-order valence-corrected chi connectivity index (χ1v) is 9.80. The number of fused-ring (bicyclic) bond motifs is 5. The molecule has 0 heterocycles. The summed E-state index contributed by atoms with van der Waals surface area (Å²) in [4.78, 5) is 23.8. The minimum atomic E-state index is -0.0558. The number of carbonyl (C=O) groups is 1. The second-order valence-corrected chi connectivity index (χ2v) is 9.52. The Morgan fingerprint density at radius 3 is 2.58 bits per heavy atom. The molecule has 4 saturated carbocycles. The highest BCUT2D eigenvalue weighted by Gasteiger charge is 2.63. The zero-order valence-electron chi connectivity index (χ0n) is 15.2. The van der Waals surface area contributed by atoms with Crippen LogP contribution in [0.4, 0.5) is 0 Å². The van der Waals surface area contributed by atoms with Crippen molar-refractivity contribution in [1.82, 2.24) is 0 Å². The van der Waals surface area contributed by atoms with E-state index in [0.717, 1.165) is 56.9 Å². The summed E-state index contributed by atoms with van der Waals surface area (Å²) < 4.78 is 0. The van der Waals surface area contributed by atoms with Gasteiger partial charge in [0.25, 0.3) is 0 Å². The van der Waals surface area contributed by atoms with Crippen LogP contribution < -0.4 is 0 Å². The molecule has 4 aliphatic rings. The first-order chi connectivity index (χ1) is 11.4. The second-order valence-electron chi connectivity index (χ2n) is 9.52. The van der Waals surface area contributed by atoms with Crippen molar-refractivity contribution >= 4 is 11.7 Å². The molecule has 2 heteroatoms. The topological polar surface area (TPSA) is 34.1 Å². The van der Waals surface area contributed by atoms with Crippen molar-refractivity contribution in [3.8, 4) is 0 Å². The van der Waals surface area contributed by atoms with Gasteiger partial charge < -0.3 is 0 Å². The van der Waals surface area contributed by atoms with Gasteiger partial charge in [-0.25, -0.2) is 4.79 Å². The fraction of sp³-hybridized carbons (Fsp3) is 0.773. The van der Waals surface area contributed by atoms with Gasteiger partial charge in [0.15, 0.2) is 0 Å². The Morgan fingerprint density at radius 2 is 1.88 bits per heavy atom. The van der Waals surface area contributed by atoms with E-state index in [4.69, 9.17) is 0 Å². The standard InChI is InChI=1S/C22H30O2/c1-4-22-12-7-15(14-23)13-20(22,2)10-8-16-17-5-6-19(24)21(17,3)11-9-18(16)22/h4,16-18H,1,5-13H2,2-3H3. The lowest BCUT2D eigenvalue weighted by molar-refractivity contribution is -0.143. The Hall–Kier alpha value is -1.14. The third-order valence-corrected chi connectivity index (χ3v) is 8.91. The number of hydrogen-bond donors (Lipinski definition) is 0. The largest absolute Gasteiger partial charge is 0.299 e. The van der Waals surface area contributed by atoms with Gasteiger partial charge in [-0.05, 0) is 80.0 Å². The fourth-order valence-corrected chi connectivity index (χ4v) is 7.51. The predicted molar refractivity (Wildman–Crippen MR) is 95.1 cm³/mol. The number of allylic oxidation sites excluding steroid dienone is 2. The molecule has 6 atom stereocenters. The number of rotatable bonds is 1. The molecule has 0 aliphatic heterocycles. The van der Waals surface area contributed by atoms with Gasteiger partial charge in [0.05, 0.1) is 0 Å². The highest BCUT2D eigenvalue weighted by atomic mass is 16.1. The minimum Gasteiger partial charge on any atom is -0.299 e. The van der Waals surface area contributed by atoms with Crippen molar-refractivity contribution in [3.05, 3.63) is 18.2 Å². The lowest BCUT2D eigenvalue weighted by atomic mass is 9.40. The van der Waals surface area contributed by atoms with E-state index >= 15 is 0 Å². The van der Waals surface area contributed by atoms with Gasteiger partial charge in [0, 0.05) is 17.4 Å². The molecule has 130 valence electrons. The molecule has 4 aliphatic carbocycles. The molecule has 0 spiro atoms. The monoisotopic (exact) mass is 326 g/mol.